The first-order valence-corrected chi connectivity index (χ1v) is 7.12. The molecule has 0 aliphatic carbocycles. The van der Waals surface area contributed by atoms with Crippen LogP contribution in [0.25, 0.3) is 0 Å². The van der Waals surface area contributed by atoms with Crippen LogP contribution >= 0.6 is 0 Å². The summed E-state index contributed by atoms with van der Waals surface area (Å²) in [6, 6.07) is 0.610. The van der Waals surface area contributed by atoms with Gasteiger partial charge in [0.25, 0.3) is 0 Å². The molecule has 0 bridgehead atoms. The maximum absolute atomic E-state index is 4.79. The quantitative estimate of drug-likeness (QED) is 0.866. The van der Waals surface area contributed by atoms with Gasteiger partial charge in [0.05, 0.1) is 5.69 Å². The normalized spacial score (nSPS) is 20.1. The van der Waals surface area contributed by atoms with Crippen LogP contribution < -0.4 is 10.2 Å². The minimum Gasteiger partial charge on any atom is -0.341 e. The van der Waals surface area contributed by atoms with Gasteiger partial charge in [0, 0.05) is 31.9 Å². The zero-order valence-electron chi connectivity index (χ0n) is 12.1. The molecule has 1 fully saturated rings. The Labute approximate surface area is 110 Å². The van der Waals surface area contributed by atoms with Crippen molar-refractivity contribution >= 4 is 5.95 Å². The van der Waals surface area contributed by atoms with Crippen molar-refractivity contribution in [3.63, 3.8) is 0 Å². The van der Waals surface area contributed by atoms with E-state index in [-0.39, 0.29) is 0 Å². The molecule has 1 aromatic rings. The first-order chi connectivity index (χ1) is 8.63. The fraction of sp³-hybridized carbons (Fsp3) is 0.786. The number of hydrogen-bond donors (Lipinski definition) is 1. The molecular formula is C14H26N4. The van der Waals surface area contributed by atoms with E-state index in [0.717, 1.165) is 26.1 Å². The van der Waals surface area contributed by atoms with Gasteiger partial charge in [-0.1, -0.05) is 20.8 Å². The van der Waals surface area contributed by atoms with Crippen molar-refractivity contribution in [2.24, 2.45) is 5.92 Å². The Morgan fingerprint density at radius 3 is 2.83 bits per heavy atom. The van der Waals surface area contributed by atoms with E-state index in [9.17, 15) is 0 Å². The molecule has 1 atom stereocenters. The van der Waals surface area contributed by atoms with E-state index >= 15 is 0 Å². The van der Waals surface area contributed by atoms with E-state index in [1.807, 2.05) is 7.05 Å². The lowest BCUT2D eigenvalue weighted by Crippen LogP contribution is -2.31. The highest BCUT2D eigenvalue weighted by Gasteiger charge is 2.24. The number of likely N-dealkylation sites (N-methyl/N-ethyl adjacent to an activating group) is 1. The molecule has 2 heterocycles. The van der Waals surface area contributed by atoms with Crippen LogP contribution in [-0.2, 0) is 13.0 Å². The molecule has 0 spiro atoms. The van der Waals surface area contributed by atoms with Gasteiger partial charge in [0.15, 0.2) is 0 Å². The Morgan fingerprint density at radius 2 is 2.28 bits per heavy atom. The number of anilines is 1. The lowest BCUT2D eigenvalue weighted by Gasteiger charge is -2.20. The number of aromatic nitrogens is 2. The number of aryl methyl sites for hydroxylation is 1. The lowest BCUT2D eigenvalue weighted by molar-refractivity contribution is 0.520. The van der Waals surface area contributed by atoms with Crippen molar-refractivity contribution in [2.75, 3.05) is 25.0 Å². The summed E-state index contributed by atoms with van der Waals surface area (Å²) in [4.78, 5) is 7.21. The molecule has 2 rings (SSSR count). The average Bonchev–Trinajstić information content (AvgIpc) is 2.93. The molecule has 4 heteroatoms. The molecule has 1 aliphatic heterocycles. The molecule has 1 aromatic heterocycles. The smallest absolute Gasteiger partial charge is 0.205 e. The molecule has 0 amide bonds. The van der Waals surface area contributed by atoms with Gasteiger partial charge in [0.1, 0.15) is 0 Å². The summed E-state index contributed by atoms with van der Waals surface area (Å²) in [6.07, 6.45) is 4.45. The van der Waals surface area contributed by atoms with Crippen LogP contribution in [0.15, 0.2) is 6.20 Å². The first-order valence-electron chi connectivity index (χ1n) is 7.12. The highest BCUT2D eigenvalue weighted by atomic mass is 15.3. The van der Waals surface area contributed by atoms with Crippen LogP contribution in [-0.4, -0.2) is 35.7 Å². The predicted molar refractivity (Wildman–Crippen MR) is 76.1 cm³/mol. The Hall–Kier alpha value is -1.03. The Bertz CT molecular complexity index is 383. The van der Waals surface area contributed by atoms with E-state index in [4.69, 9.17) is 4.98 Å². The first kappa shape index (κ1) is 13.4. The monoisotopic (exact) mass is 250 g/mol. The van der Waals surface area contributed by atoms with Crippen LogP contribution in [0.2, 0.25) is 0 Å². The van der Waals surface area contributed by atoms with Crippen molar-refractivity contribution in [1.82, 2.24) is 14.9 Å². The third-order valence-electron chi connectivity index (χ3n) is 3.61. The molecule has 0 saturated carbocycles. The summed E-state index contributed by atoms with van der Waals surface area (Å²) in [5, 5.41) is 3.37. The number of rotatable bonds is 5. The summed E-state index contributed by atoms with van der Waals surface area (Å²) in [5.41, 5.74) is 1.21. The maximum Gasteiger partial charge on any atom is 0.205 e. The van der Waals surface area contributed by atoms with Crippen LogP contribution in [0.5, 0.6) is 0 Å². The molecule has 1 N–H and O–H groups in total. The fourth-order valence-electron chi connectivity index (χ4n) is 2.59. The average molecular weight is 250 g/mol. The molecular weight excluding hydrogens is 224 g/mol. The van der Waals surface area contributed by atoms with Gasteiger partial charge in [-0.3, -0.25) is 0 Å². The number of nitrogens with one attached hydrogen (secondary N) is 1. The van der Waals surface area contributed by atoms with Gasteiger partial charge in [-0.25, -0.2) is 4.98 Å². The van der Waals surface area contributed by atoms with Gasteiger partial charge in [-0.05, 0) is 25.8 Å². The van der Waals surface area contributed by atoms with E-state index in [1.54, 1.807) is 0 Å². The highest BCUT2D eigenvalue weighted by molar-refractivity contribution is 5.36. The van der Waals surface area contributed by atoms with Crippen LogP contribution in [0, 0.1) is 5.92 Å². The Balaban J connectivity index is 2.17. The van der Waals surface area contributed by atoms with Gasteiger partial charge >= 0.3 is 0 Å². The third-order valence-corrected chi connectivity index (χ3v) is 3.61. The minimum absolute atomic E-state index is 0.610. The summed E-state index contributed by atoms with van der Waals surface area (Å²) in [5.74, 6) is 1.82. The van der Waals surface area contributed by atoms with Crippen LogP contribution in [0.3, 0.4) is 0 Å². The number of imidazole rings is 1. The van der Waals surface area contributed by atoms with Gasteiger partial charge < -0.3 is 14.8 Å². The second-order valence-corrected chi connectivity index (χ2v) is 5.65. The molecule has 18 heavy (non-hydrogen) atoms. The third kappa shape index (κ3) is 2.86. The summed E-state index contributed by atoms with van der Waals surface area (Å²) in [6.45, 7) is 9.94. The molecule has 0 aromatic carbocycles. The summed E-state index contributed by atoms with van der Waals surface area (Å²) in [7, 11) is 2.05. The molecule has 1 aliphatic rings. The second kappa shape index (κ2) is 5.74. The van der Waals surface area contributed by atoms with Crippen molar-refractivity contribution in [3.8, 4) is 0 Å². The fourth-order valence-corrected chi connectivity index (χ4v) is 2.59. The molecule has 4 nitrogen and oxygen atoms in total. The second-order valence-electron chi connectivity index (χ2n) is 5.65. The Kier molecular flexibility index (Phi) is 4.27. The predicted octanol–water partition coefficient (Wildman–Crippen LogP) is 1.90. The van der Waals surface area contributed by atoms with E-state index in [2.05, 4.69) is 41.8 Å². The van der Waals surface area contributed by atoms with Crippen molar-refractivity contribution in [2.45, 2.75) is 46.2 Å². The topological polar surface area (TPSA) is 33.1 Å². The molecule has 1 unspecified atom stereocenters. The van der Waals surface area contributed by atoms with Crippen LogP contribution in [0.1, 0.15) is 32.9 Å². The molecule has 1 saturated heterocycles. The largest absolute Gasteiger partial charge is 0.341 e. The van der Waals surface area contributed by atoms with E-state index < -0.39 is 0 Å². The number of hydrogen-bond acceptors (Lipinski definition) is 3. The molecule has 0 radical (unpaired) electrons. The van der Waals surface area contributed by atoms with Crippen molar-refractivity contribution in [1.29, 1.82) is 0 Å². The zero-order valence-corrected chi connectivity index (χ0v) is 12.1. The maximum atomic E-state index is 4.79. The van der Waals surface area contributed by atoms with Gasteiger partial charge in [-0.2, -0.15) is 0 Å². The number of nitrogens with zero attached hydrogens (tertiary/aromatic N) is 3. The Morgan fingerprint density at radius 1 is 1.50 bits per heavy atom. The van der Waals surface area contributed by atoms with Gasteiger partial charge in [0.2, 0.25) is 5.95 Å². The molecule has 102 valence electrons. The summed E-state index contributed by atoms with van der Waals surface area (Å²) < 4.78 is 2.33. The van der Waals surface area contributed by atoms with Crippen LogP contribution in [0.4, 0.5) is 5.95 Å². The van der Waals surface area contributed by atoms with E-state index in [0.29, 0.717) is 12.0 Å². The summed E-state index contributed by atoms with van der Waals surface area (Å²) >= 11 is 0. The van der Waals surface area contributed by atoms with E-state index in [1.165, 1.54) is 18.1 Å². The standard InChI is InChI=1S/C14H26N4/c1-5-12-9-18(8-11(2)3)14(16-12)17-7-6-13(10-17)15-4/h9,11,13,15H,5-8,10H2,1-4H3. The zero-order chi connectivity index (χ0) is 13.1. The van der Waals surface area contributed by atoms with Gasteiger partial charge in [-0.15, -0.1) is 0 Å². The highest BCUT2D eigenvalue weighted by Crippen LogP contribution is 2.21. The SMILES string of the molecule is CCc1cn(CC(C)C)c(N2CCC(NC)C2)n1. The van der Waals surface area contributed by atoms with Crippen molar-refractivity contribution in [3.05, 3.63) is 11.9 Å². The van der Waals surface area contributed by atoms with Crippen molar-refractivity contribution < 1.29 is 0 Å². The minimum atomic E-state index is 0.610. The lowest BCUT2D eigenvalue weighted by atomic mass is 10.2.